The topological polar surface area (TPSA) is 41.6 Å². The fourth-order valence-electron chi connectivity index (χ4n) is 3.60. The Morgan fingerprint density at radius 1 is 1.08 bits per heavy atom. The Labute approximate surface area is 156 Å². The first-order valence-corrected chi connectivity index (χ1v) is 9.41. The molecule has 2 aromatic rings. The number of likely N-dealkylation sites (tertiary alicyclic amines) is 1. The number of amides is 1. The van der Waals surface area contributed by atoms with Gasteiger partial charge in [0.2, 0.25) is 0 Å². The van der Waals surface area contributed by atoms with Crippen LogP contribution in [0.4, 0.5) is 0 Å². The van der Waals surface area contributed by atoms with Gasteiger partial charge in [0, 0.05) is 17.7 Å². The molecule has 1 aliphatic heterocycles. The minimum atomic E-state index is -0.0260. The highest BCUT2D eigenvalue weighted by atomic mass is 16.5. The number of piperidine rings is 1. The zero-order valence-electron chi connectivity index (χ0n) is 15.7. The second-order valence-electron chi connectivity index (χ2n) is 6.93. The first-order chi connectivity index (χ1) is 12.7. The Bertz CT molecular complexity index is 721. The molecule has 0 aliphatic carbocycles. The highest BCUT2D eigenvalue weighted by molar-refractivity contribution is 5.94. The Hall–Kier alpha value is -2.33. The van der Waals surface area contributed by atoms with E-state index < -0.39 is 0 Å². The number of aryl methyl sites for hydroxylation is 1. The van der Waals surface area contributed by atoms with Gasteiger partial charge in [-0.15, -0.1) is 0 Å². The first kappa shape index (κ1) is 18.5. The summed E-state index contributed by atoms with van der Waals surface area (Å²) < 4.78 is 5.58. The van der Waals surface area contributed by atoms with Crippen molar-refractivity contribution in [1.29, 1.82) is 0 Å². The molecule has 0 radical (unpaired) electrons. The lowest BCUT2D eigenvalue weighted by Crippen LogP contribution is -2.40. The van der Waals surface area contributed by atoms with Crippen LogP contribution in [-0.2, 0) is 0 Å². The van der Waals surface area contributed by atoms with Crippen molar-refractivity contribution in [2.24, 2.45) is 0 Å². The maximum absolute atomic E-state index is 12.6. The average Bonchev–Trinajstić information content (AvgIpc) is 2.69. The van der Waals surface area contributed by atoms with E-state index in [2.05, 4.69) is 16.3 Å². The van der Waals surface area contributed by atoms with E-state index >= 15 is 0 Å². The van der Waals surface area contributed by atoms with Crippen LogP contribution in [0.25, 0.3) is 0 Å². The minimum Gasteiger partial charge on any atom is -0.496 e. The molecule has 3 rings (SSSR count). The molecule has 138 valence electrons. The fraction of sp³-hybridized carbons (Fsp3) is 0.409. The molecule has 1 unspecified atom stereocenters. The van der Waals surface area contributed by atoms with Gasteiger partial charge in [0.25, 0.3) is 5.91 Å². The Kier molecular flexibility index (Phi) is 6.29. The van der Waals surface area contributed by atoms with E-state index in [1.165, 1.54) is 19.3 Å². The summed E-state index contributed by atoms with van der Waals surface area (Å²) >= 11 is 0. The van der Waals surface area contributed by atoms with E-state index in [9.17, 15) is 4.79 Å². The quantitative estimate of drug-likeness (QED) is 0.855. The number of rotatable bonds is 6. The number of methoxy groups -OCH3 is 1. The Morgan fingerprint density at radius 2 is 1.77 bits per heavy atom. The van der Waals surface area contributed by atoms with Crippen LogP contribution in [0.1, 0.15) is 46.8 Å². The summed E-state index contributed by atoms with van der Waals surface area (Å²) in [7, 11) is 1.71. The van der Waals surface area contributed by atoms with Crippen molar-refractivity contribution < 1.29 is 9.53 Å². The summed E-state index contributed by atoms with van der Waals surface area (Å²) in [6.45, 7) is 4.72. The molecule has 4 nitrogen and oxygen atoms in total. The molecule has 1 heterocycles. The zero-order chi connectivity index (χ0) is 18.4. The first-order valence-electron chi connectivity index (χ1n) is 9.41. The molecule has 0 saturated carbocycles. The molecule has 0 bridgehead atoms. The molecule has 0 spiro atoms. The van der Waals surface area contributed by atoms with Crippen LogP contribution >= 0.6 is 0 Å². The predicted octanol–water partition coefficient (Wildman–Crippen LogP) is 3.96. The number of nitrogens with zero attached hydrogens (tertiary/aromatic N) is 1. The molecule has 26 heavy (non-hydrogen) atoms. The normalized spacial score (nSPS) is 16.1. The summed E-state index contributed by atoms with van der Waals surface area (Å²) in [6, 6.07) is 15.9. The number of ether oxygens (including phenoxy) is 1. The van der Waals surface area contributed by atoms with Crippen LogP contribution in [0.3, 0.4) is 0 Å². The molecule has 1 saturated heterocycles. The van der Waals surface area contributed by atoms with Crippen molar-refractivity contribution in [2.45, 2.75) is 32.2 Å². The van der Waals surface area contributed by atoms with Crippen LogP contribution in [0.5, 0.6) is 5.75 Å². The molecule has 1 fully saturated rings. The van der Waals surface area contributed by atoms with Crippen molar-refractivity contribution in [2.75, 3.05) is 26.7 Å². The fourth-order valence-corrected chi connectivity index (χ4v) is 3.60. The molecule has 0 aromatic heterocycles. The standard InChI is InChI=1S/C22H28N2O2/c1-17-10-12-18(13-11-17)22(25)23-16-20(24-14-6-3-7-15-24)19-8-4-5-9-21(19)26-2/h4-5,8-13,20H,3,6-7,14-16H2,1-2H3,(H,23,25). The Balaban J connectivity index is 1.77. The van der Waals surface area contributed by atoms with Crippen LogP contribution in [-0.4, -0.2) is 37.6 Å². The van der Waals surface area contributed by atoms with Gasteiger partial charge in [-0.2, -0.15) is 0 Å². The molecule has 1 N–H and O–H groups in total. The van der Waals surface area contributed by atoms with Crippen molar-refractivity contribution in [1.82, 2.24) is 10.2 Å². The van der Waals surface area contributed by atoms with E-state index in [4.69, 9.17) is 4.74 Å². The van der Waals surface area contributed by atoms with E-state index in [1.54, 1.807) is 7.11 Å². The van der Waals surface area contributed by atoms with Crippen LogP contribution in [0.2, 0.25) is 0 Å². The maximum Gasteiger partial charge on any atom is 0.251 e. The summed E-state index contributed by atoms with van der Waals surface area (Å²) in [5, 5.41) is 3.13. The predicted molar refractivity (Wildman–Crippen MR) is 105 cm³/mol. The third-order valence-corrected chi connectivity index (χ3v) is 5.10. The number of hydrogen-bond donors (Lipinski definition) is 1. The van der Waals surface area contributed by atoms with Gasteiger partial charge < -0.3 is 10.1 Å². The summed E-state index contributed by atoms with van der Waals surface area (Å²) in [5.41, 5.74) is 3.00. The molecular formula is C22H28N2O2. The van der Waals surface area contributed by atoms with Crippen molar-refractivity contribution in [3.05, 3.63) is 65.2 Å². The van der Waals surface area contributed by atoms with Gasteiger partial charge in [0.15, 0.2) is 0 Å². The monoisotopic (exact) mass is 352 g/mol. The zero-order valence-corrected chi connectivity index (χ0v) is 15.7. The molecule has 4 heteroatoms. The summed E-state index contributed by atoms with van der Waals surface area (Å²) in [5.74, 6) is 0.856. The highest BCUT2D eigenvalue weighted by Gasteiger charge is 2.25. The summed E-state index contributed by atoms with van der Waals surface area (Å²) in [4.78, 5) is 15.0. The Morgan fingerprint density at radius 3 is 2.46 bits per heavy atom. The number of carbonyl (C=O) groups excluding carboxylic acids is 1. The molecule has 1 amide bonds. The van der Waals surface area contributed by atoms with Gasteiger partial charge in [-0.3, -0.25) is 9.69 Å². The third-order valence-electron chi connectivity index (χ3n) is 5.10. The largest absolute Gasteiger partial charge is 0.496 e. The van der Waals surface area contributed by atoms with Gasteiger partial charge in [-0.25, -0.2) is 0 Å². The number of benzene rings is 2. The van der Waals surface area contributed by atoms with Crippen LogP contribution in [0, 0.1) is 6.92 Å². The van der Waals surface area contributed by atoms with Gasteiger partial charge in [0.1, 0.15) is 5.75 Å². The van der Waals surface area contributed by atoms with Gasteiger partial charge in [-0.05, 0) is 51.1 Å². The van der Waals surface area contributed by atoms with Crippen LogP contribution < -0.4 is 10.1 Å². The number of para-hydroxylation sites is 1. The van der Waals surface area contributed by atoms with E-state index in [0.717, 1.165) is 30.0 Å². The minimum absolute atomic E-state index is 0.0260. The maximum atomic E-state index is 12.6. The van der Waals surface area contributed by atoms with Crippen LogP contribution in [0.15, 0.2) is 48.5 Å². The molecule has 1 aliphatic rings. The smallest absolute Gasteiger partial charge is 0.251 e. The highest BCUT2D eigenvalue weighted by Crippen LogP contribution is 2.30. The summed E-state index contributed by atoms with van der Waals surface area (Å²) in [6.07, 6.45) is 3.69. The van der Waals surface area contributed by atoms with E-state index in [0.29, 0.717) is 12.1 Å². The lowest BCUT2D eigenvalue weighted by Gasteiger charge is -2.35. The molecule has 2 aromatic carbocycles. The second-order valence-corrected chi connectivity index (χ2v) is 6.93. The molecule has 1 atom stereocenters. The molecular weight excluding hydrogens is 324 g/mol. The number of hydrogen-bond acceptors (Lipinski definition) is 3. The number of nitrogens with one attached hydrogen (secondary N) is 1. The van der Waals surface area contributed by atoms with E-state index in [1.807, 2.05) is 49.4 Å². The van der Waals surface area contributed by atoms with Crippen molar-refractivity contribution in [3.8, 4) is 5.75 Å². The van der Waals surface area contributed by atoms with Gasteiger partial charge in [-0.1, -0.05) is 42.3 Å². The lowest BCUT2D eigenvalue weighted by atomic mass is 10.0. The third kappa shape index (κ3) is 4.44. The van der Waals surface area contributed by atoms with Gasteiger partial charge >= 0.3 is 0 Å². The average molecular weight is 352 g/mol. The van der Waals surface area contributed by atoms with Crippen molar-refractivity contribution in [3.63, 3.8) is 0 Å². The lowest BCUT2D eigenvalue weighted by molar-refractivity contribution is 0.0923. The SMILES string of the molecule is COc1ccccc1C(CNC(=O)c1ccc(C)cc1)N1CCCCC1. The number of carbonyl (C=O) groups is 1. The second kappa shape index (κ2) is 8.86. The van der Waals surface area contributed by atoms with Crippen molar-refractivity contribution >= 4 is 5.91 Å². The van der Waals surface area contributed by atoms with Gasteiger partial charge in [0.05, 0.1) is 13.2 Å². The van der Waals surface area contributed by atoms with E-state index in [-0.39, 0.29) is 11.9 Å².